The molecule has 2 heterocycles. The molecule has 0 unspecified atom stereocenters. The van der Waals surface area contributed by atoms with Crippen molar-refractivity contribution in [3.63, 3.8) is 0 Å². The largest absolute Gasteiger partial charge is 0.368 e. The number of carbonyl (C=O) groups excluding carboxylic acids is 1. The molecule has 2 N–H and O–H groups in total. The summed E-state index contributed by atoms with van der Waals surface area (Å²) in [5.41, 5.74) is 1.06. The molecular weight excluding hydrogens is 328 g/mol. The SMILES string of the molecule is Cc1nc(NCCNC(=O)Cn2ccc3ccccc32)cc(N(C)C)n1. The molecule has 7 heteroatoms. The fraction of sp³-hybridized carbons (Fsp3) is 0.316. The predicted molar refractivity (Wildman–Crippen MR) is 105 cm³/mol. The van der Waals surface area contributed by atoms with Gasteiger partial charge >= 0.3 is 0 Å². The molecule has 0 fully saturated rings. The number of carbonyl (C=O) groups is 1. The van der Waals surface area contributed by atoms with Gasteiger partial charge in [0.2, 0.25) is 5.91 Å². The van der Waals surface area contributed by atoms with Crippen LogP contribution in [0.25, 0.3) is 10.9 Å². The Bertz CT molecular complexity index is 902. The third-order valence-corrected chi connectivity index (χ3v) is 4.03. The molecule has 3 rings (SSSR count). The summed E-state index contributed by atoms with van der Waals surface area (Å²) in [5.74, 6) is 2.30. The number of aryl methyl sites for hydroxylation is 1. The second-order valence-corrected chi connectivity index (χ2v) is 6.33. The highest BCUT2D eigenvalue weighted by Gasteiger charge is 2.06. The minimum absolute atomic E-state index is 0.0130. The van der Waals surface area contributed by atoms with E-state index in [0.717, 1.165) is 22.5 Å². The average molecular weight is 352 g/mol. The summed E-state index contributed by atoms with van der Waals surface area (Å²) < 4.78 is 1.95. The van der Waals surface area contributed by atoms with E-state index in [1.807, 2.05) is 73.1 Å². The zero-order valence-corrected chi connectivity index (χ0v) is 15.4. The monoisotopic (exact) mass is 352 g/mol. The van der Waals surface area contributed by atoms with Crippen LogP contribution in [0.2, 0.25) is 0 Å². The highest BCUT2D eigenvalue weighted by molar-refractivity contribution is 5.83. The van der Waals surface area contributed by atoms with Crippen LogP contribution < -0.4 is 15.5 Å². The summed E-state index contributed by atoms with van der Waals surface area (Å²) in [7, 11) is 3.88. The quantitative estimate of drug-likeness (QED) is 0.637. The van der Waals surface area contributed by atoms with Gasteiger partial charge in [-0.3, -0.25) is 4.79 Å². The lowest BCUT2D eigenvalue weighted by Crippen LogP contribution is -2.31. The Kier molecular flexibility index (Phi) is 5.36. The molecule has 0 bridgehead atoms. The minimum Gasteiger partial charge on any atom is -0.368 e. The number of amides is 1. The van der Waals surface area contributed by atoms with Crippen molar-refractivity contribution in [2.24, 2.45) is 0 Å². The van der Waals surface area contributed by atoms with E-state index >= 15 is 0 Å². The van der Waals surface area contributed by atoms with E-state index < -0.39 is 0 Å². The number of hydrogen-bond acceptors (Lipinski definition) is 5. The van der Waals surface area contributed by atoms with Gasteiger partial charge in [0, 0.05) is 45.0 Å². The summed E-state index contributed by atoms with van der Waals surface area (Å²) in [4.78, 5) is 22.8. The summed E-state index contributed by atoms with van der Waals surface area (Å²) in [6.45, 7) is 3.30. The van der Waals surface area contributed by atoms with Crippen LogP contribution in [0.3, 0.4) is 0 Å². The van der Waals surface area contributed by atoms with Crippen LogP contribution in [0.4, 0.5) is 11.6 Å². The van der Waals surface area contributed by atoms with Gasteiger partial charge in [-0.2, -0.15) is 0 Å². The van der Waals surface area contributed by atoms with Gasteiger partial charge in [-0.1, -0.05) is 18.2 Å². The van der Waals surface area contributed by atoms with Gasteiger partial charge in [0.25, 0.3) is 0 Å². The van der Waals surface area contributed by atoms with Gasteiger partial charge < -0.3 is 20.1 Å². The van der Waals surface area contributed by atoms with E-state index in [9.17, 15) is 4.79 Å². The maximum absolute atomic E-state index is 12.2. The van der Waals surface area contributed by atoms with Crippen molar-refractivity contribution in [3.8, 4) is 0 Å². The Hall–Kier alpha value is -3.09. The van der Waals surface area contributed by atoms with Crippen molar-refractivity contribution in [3.05, 3.63) is 48.4 Å². The molecule has 0 saturated heterocycles. The molecule has 0 atom stereocenters. The Labute approximate surface area is 153 Å². The number of hydrogen-bond donors (Lipinski definition) is 2. The van der Waals surface area contributed by atoms with E-state index in [2.05, 4.69) is 20.6 Å². The van der Waals surface area contributed by atoms with E-state index in [-0.39, 0.29) is 5.91 Å². The van der Waals surface area contributed by atoms with Gasteiger partial charge in [0.05, 0.1) is 0 Å². The van der Waals surface area contributed by atoms with Crippen LogP contribution in [-0.4, -0.2) is 47.6 Å². The second kappa shape index (κ2) is 7.86. The van der Waals surface area contributed by atoms with Crippen molar-refractivity contribution >= 4 is 28.4 Å². The molecule has 0 aliphatic rings. The van der Waals surface area contributed by atoms with Gasteiger partial charge in [-0.15, -0.1) is 0 Å². The molecule has 0 spiro atoms. The molecule has 26 heavy (non-hydrogen) atoms. The third kappa shape index (κ3) is 4.30. The summed E-state index contributed by atoms with van der Waals surface area (Å²) in [6.07, 6.45) is 1.94. The lowest BCUT2D eigenvalue weighted by Gasteiger charge is -2.14. The molecule has 7 nitrogen and oxygen atoms in total. The first-order chi connectivity index (χ1) is 12.5. The minimum atomic E-state index is -0.0130. The van der Waals surface area contributed by atoms with Crippen molar-refractivity contribution in [2.45, 2.75) is 13.5 Å². The van der Waals surface area contributed by atoms with Gasteiger partial charge in [0.1, 0.15) is 24.0 Å². The molecule has 0 radical (unpaired) electrons. The molecule has 2 aromatic heterocycles. The summed E-state index contributed by atoms with van der Waals surface area (Å²) >= 11 is 0. The number of anilines is 2. The molecule has 136 valence electrons. The van der Waals surface area contributed by atoms with Gasteiger partial charge in [-0.05, 0) is 24.4 Å². The van der Waals surface area contributed by atoms with Crippen LogP contribution in [0, 0.1) is 6.92 Å². The number of nitrogens with one attached hydrogen (secondary N) is 2. The highest BCUT2D eigenvalue weighted by atomic mass is 16.1. The number of benzene rings is 1. The van der Waals surface area contributed by atoms with E-state index in [1.54, 1.807) is 0 Å². The van der Waals surface area contributed by atoms with E-state index in [0.29, 0.717) is 25.5 Å². The van der Waals surface area contributed by atoms with Gasteiger partial charge in [0.15, 0.2) is 0 Å². The number of aromatic nitrogens is 3. The zero-order valence-electron chi connectivity index (χ0n) is 15.4. The van der Waals surface area contributed by atoms with Crippen molar-refractivity contribution in [2.75, 3.05) is 37.4 Å². The Morgan fingerprint density at radius 1 is 1.15 bits per heavy atom. The molecule has 0 aliphatic heterocycles. The van der Waals surface area contributed by atoms with Crippen molar-refractivity contribution < 1.29 is 4.79 Å². The van der Waals surface area contributed by atoms with Crippen LogP contribution >= 0.6 is 0 Å². The van der Waals surface area contributed by atoms with Gasteiger partial charge in [-0.25, -0.2) is 9.97 Å². The topological polar surface area (TPSA) is 75.1 Å². The zero-order chi connectivity index (χ0) is 18.5. The number of rotatable bonds is 7. The lowest BCUT2D eigenvalue weighted by molar-refractivity contribution is -0.121. The normalized spacial score (nSPS) is 10.7. The molecule has 1 amide bonds. The Morgan fingerprint density at radius 3 is 2.77 bits per heavy atom. The van der Waals surface area contributed by atoms with Crippen LogP contribution in [-0.2, 0) is 11.3 Å². The summed E-state index contributed by atoms with van der Waals surface area (Å²) in [5, 5.41) is 7.29. The fourth-order valence-corrected chi connectivity index (χ4v) is 2.75. The predicted octanol–water partition coefficient (Wildman–Crippen LogP) is 2.03. The number of para-hydroxylation sites is 1. The Balaban J connectivity index is 1.48. The summed E-state index contributed by atoms with van der Waals surface area (Å²) in [6, 6.07) is 11.9. The standard InChI is InChI=1S/C19H24N6O/c1-14-22-17(12-18(23-14)24(2)3)20-9-10-21-19(26)13-25-11-8-15-6-4-5-7-16(15)25/h4-8,11-12H,9-10,13H2,1-3H3,(H,21,26)(H,20,22,23). The van der Waals surface area contributed by atoms with E-state index in [4.69, 9.17) is 0 Å². The fourth-order valence-electron chi connectivity index (χ4n) is 2.75. The van der Waals surface area contributed by atoms with Crippen molar-refractivity contribution in [1.82, 2.24) is 19.9 Å². The molecule has 0 aliphatic carbocycles. The average Bonchev–Trinajstić information content (AvgIpc) is 3.01. The second-order valence-electron chi connectivity index (χ2n) is 6.33. The third-order valence-electron chi connectivity index (χ3n) is 4.03. The number of fused-ring (bicyclic) bond motifs is 1. The first kappa shape index (κ1) is 17.7. The maximum Gasteiger partial charge on any atom is 0.240 e. The first-order valence-electron chi connectivity index (χ1n) is 8.60. The molecule has 3 aromatic rings. The van der Waals surface area contributed by atoms with Crippen molar-refractivity contribution in [1.29, 1.82) is 0 Å². The molecule has 0 saturated carbocycles. The van der Waals surface area contributed by atoms with Crippen LogP contribution in [0.15, 0.2) is 42.6 Å². The number of nitrogens with zero attached hydrogens (tertiary/aromatic N) is 4. The maximum atomic E-state index is 12.2. The smallest absolute Gasteiger partial charge is 0.240 e. The van der Waals surface area contributed by atoms with Crippen LogP contribution in [0.1, 0.15) is 5.82 Å². The lowest BCUT2D eigenvalue weighted by atomic mass is 10.2. The van der Waals surface area contributed by atoms with Crippen LogP contribution in [0.5, 0.6) is 0 Å². The molecule has 1 aromatic carbocycles. The highest BCUT2D eigenvalue weighted by Crippen LogP contribution is 2.15. The Morgan fingerprint density at radius 2 is 1.96 bits per heavy atom. The first-order valence-corrected chi connectivity index (χ1v) is 8.60. The van der Waals surface area contributed by atoms with E-state index in [1.165, 1.54) is 0 Å². The molecular formula is C19H24N6O.